The van der Waals surface area contributed by atoms with Crippen LogP contribution in [0.1, 0.15) is 35.2 Å². The summed E-state index contributed by atoms with van der Waals surface area (Å²) in [5.41, 5.74) is -2.00. The van der Waals surface area contributed by atoms with Gasteiger partial charge in [-0.3, -0.25) is 4.79 Å². The minimum Gasteiger partial charge on any atom is -0.352 e. The van der Waals surface area contributed by atoms with Gasteiger partial charge in [0, 0.05) is 12.6 Å². The first-order valence-electron chi connectivity index (χ1n) is 6.77. The predicted octanol–water partition coefficient (Wildman–Crippen LogP) is 2.72. The third-order valence-corrected chi connectivity index (χ3v) is 3.49. The fourth-order valence-corrected chi connectivity index (χ4v) is 2.38. The van der Waals surface area contributed by atoms with E-state index in [-0.39, 0.29) is 0 Å². The van der Waals surface area contributed by atoms with Gasteiger partial charge in [0.05, 0.1) is 11.1 Å². The molecule has 21 heavy (non-hydrogen) atoms. The van der Waals surface area contributed by atoms with E-state index in [4.69, 9.17) is 0 Å². The van der Waals surface area contributed by atoms with E-state index < -0.39 is 29.0 Å². The van der Waals surface area contributed by atoms with Crippen LogP contribution in [0.5, 0.6) is 0 Å². The standard InChI is InChI=1S/C14H16F4N2O/c15-12-10(4-1-5-11(12)14(16,17)18)13(21)20-8-6-9-3-2-7-19-9/h1,4-5,9,19H,2-3,6-8H2,(H,20,21). The summed E-state index contributed by atoms with van der Waals surface area (Å²) in [5.74, 6) is -2.35. The van der Waals surface area contributed by atoms with Crippen LogP contribution in [0, 0.1) is 5.82 Å². The van der Waals surface area contributed by atoms with Gasteiger partial charge in [0.2, 0.25) is 0 Å². The molecule has 1 aliphatic rings. The Balaban J connectivity index is 1.98. The number of carbonyl (C=O) groups is 1. The summed E-state index contributed by atoms with van der Waals surface area (Å²) in [7, 11) is 0. The molecule has 1 amide bonds. The van der Waals surface area contributed by atoms with Crippen LogP contribution >= 0.6 is 0 Å². The molecule has 1 aromatic rings. The van der Waals surface area contributed by atoms with Gasteiger partial charge in [-0.25, -0.2) is 4.39 Å². The van der Waals surface area contributed by atoms with E-state index in [9.17, 15) is 22.4 Å². The van der Waals surface area contributed by atoms with E-state index in [1.807, 2.05) is 0 Å². The Kier molecular flexibility index (Phi) is 4.82. The zero-order valence-electron chi connectivity index (χ0n) is 11.3. The van der Waals surface area contributed by atoms with E-state index >= 15 is 0 Å². The van der Waals surface area contributed by atoms with Crippen LogP contribution in [-0.2, 0) is 6.18 Å². The lowest BCUT2D eigenvalue weighted by Crippen LogP contribution is -2.31. The van der Waals surface area contributed by atoms with Gasteiger partial charge in [-0.1, -0.05) is 6.07 Å². The molecule has 1 saturated heterocycles. The lowest BCUT2D eigenvalue weighted by molar-refractivity contribution is -0.140. The van der Waals surface area contributed by atoms with E-state index in [0.717, 1.165) is 31.5 Å². The van der Waals surface area contributed by atoms with Crippen LogP contribution < -0.4 is 10.6 Å². The number of benzene rings is 1. The minimum atomic E-state index is -4.81. The highest BCUT2D eigenvalue weighted by Gasteiger charge is 2.35. The largest absolute Gasteiger partial charge is 0.419 e. The molecule has 0 saturated carbocycles. The second-order valence-electron chi connectivity index (χ2n) is 5.00. The SMILES string of the molecule is O=C(NCCC1CCCN1)c1cccc(C(F)(F)F)c1F. The third kappa shape index (κ3) is 3.93. The monoisotopic (exact) mass is 304 g/mol. The van der Waals surface area contributed by atoms with Crippen LogP contribution in [0.4, 0.5) is 17.6 Å². The molecule has 1 heterocycles. The van der Waals surface area contributed by atoms with E-state index in [0.29, 0.717) is 25.1 Å². The van der Waals surface area contributed by atoms with Crippen molar-refractivity contribution in [3.8, 4) is 0 Å². The van der Waals surface area contributed by atoms with Crippen molar-refractivity contribution in [3.63, 3.8) is 0 Å². The number of halogens is 4. The molecule has 2 N–H and O–H groups in total. The molecular weight excluding hydrogens is 288 g/mol. The van der Waals surface area contributed by atoms with Crippen molar-refractivity contribution >= 4 is 5.91 Å². The number of hydrogen-bond acceptors (Lipinski definition) is 2. The normalized spacial score (nSPS) is 18.8. The van der Waals surface area contributed by atoms with Gasteiger partial charge >= 0.3 is 6.18 Å². The van der Waals surface area contributed by atoms with Gasteiger partial charge in [-0.15, -0.1) is 0 Å². The van der Waals surface area contributed by atoms with Gasteiger partial charge in [0.1, 0.15) is 5.82 Å². The second kappa shape index (κ2) is 6.43. The van der Waals surface area contributed by atoms with Crippen LogP contribution in [-0.4, -0.2) is 25.0 Å². The maximum atomic E-state index is 13.8. The molecule has 1 aromatic carbocycles. The molecule has 0 spiro atoms. The highest BCUT2D eigenvalue weighted by molar-refractivity contribution is 5.94. The van der Waals surface area contributed by atoms with Crippen molar-refractivity contribution in [1.29, 1.82) is 0 Å². The van der Waals surface area contributed by atoms with Gasteiger partial charge in [-0.2, -0.15) is 13.2 Å². The second-order valence-corrected chi connectivity index (χ2v) is 5.00. The van der Waals surface area contributed by atoms with Crippen molar-refractivity contribution in [1.82, 2.24) is 10.6 Å². The molecule has 1 atom stereocenters. The minimum absolute atomic E-state index is 0.298. The zero-order chi connectivity index (χ0) is 15.5. The van der Waals surface area contributed by atoms with Crippen molar-refractivity contribution in [2.24, 2.45) is 0 Å². The van der Waals surface area contributed by atoms with Gasteiger partial charge in [0.15, 0.2) is 0 Å². The number of hydrogen-bond donors (Lipinski definition) is 2. The Hall–Kier alpha value is -1.63. The highest BCUT2D eigenvalue weighted by atomic mass is 19.4. The van der Waals surface area contributed by atoms with Crippen LogP contribution in [0.3, 0.4) is 0 Å². The Labute approximate surface area is 119 Å². The summed E-state index contributed by atoms with van der Waals surface area (Å²) in [6, 6.07) is 3.00. The van der Waals surface area contributed by atoms with E-state index in [2.05, 4.69) is 10.6 Å². The average molecular weight is 304 g/mol. The Bertz CT molecular complexity index is 510. The quantitative estimate of drug-likeness (QED) is 0.840. The van der Waals surface area contributed by atoms with Gasteiger partial charge in [0.25, 0.3) is 5.91 Å². The first-order chi connectivity index (χ1) is 9.89. The lowest BCUT2D eigenvalue weighted by Gasteiger charge is -2.13. The molecule has 1 fully saturated rings. The first kappa shape index (κ1) is 15.8. The molecule has 1 unspecified atom stereocenters. The summed E-state index contributed by atoms with van der Waals surface area (Å²) in [6.07, 6.45) is -2.06. The van der Waals surface area contributed by atoms with Gasteiger partial charge < -0.3 is 10.6 Å². The molecule has 0 aromatic heterocycles. The molecule has 7 heteroatoms. The fourth-order valence-electron chi connectivity index (χ4n) is 2.38. The highest BCUT2D eigenvalue weighted by Crippen LogP contribution is 2.32. The van der Waals surface area contributed by atoms with Crippen molar-refractivity contribution in [2.45, 2.75) is 31.5 Å². The molecule has 1 aliphatic heterocycles. The molecule has 116 valence electrons. The maximum Gasteiger partial charge on any atom is 0.419 e. The molecule has 2 rings (SSSR count). The Morgan fingerprint density at radius 3 is 2.76 bits per heavy atom. The first-order valence-corrected chi connectivity index (χ1v) is 6.77. The molecule has 3 nitrogen and oxygen atoms in total. The van der Waals surface area contributed by atoms with Crippen molar-refractivity contribution in [3.05, 3.63) is 35.1 Å². The average Bonchev–Trinajstić information content (AvgIpc) is 2.90. The van der Waals surface area contributed by atoms with Crippen LogP contribution in [0.15, 0.2) is 18.2 Å². The van der Waals surface area contributed by atoms with E-state index in [1.54, 1.807) is 0 Å². The Morgan fingerprint density at radius 2 is 2.14 bits per heavy atom. The van der Waals surface area contributed by atoms with Crippen LogP contribution in [0.25, 0.3) is 0 Å². The van der Waals surface area contributed by atoms with Crippen LogP contribution in [0.2, 0.25) is 0 Å². The lowest BCUT2D eigenvalue weighted by atomic mass is 10.1. The third-order valence-electron chi connectivity index (χ3n) is 3.49. The summed E-state index contributed by atoms with van der Waals surface area (Å²) in [4.78, 5) is 11.8. The number of carbonyl (C=O) groups excluding carboxylic acids is 1. The number of amides is 1. The summed E-state index contributed by atoms with van der Waals surface area (Å²) in [6.45, 7) is 1.23. The number of alkyl halides is 3. The number of nitrogens with one attached hydrogen (secondary N) is 2. The van der Waals surface area contributed by atoms with Crippen molar-refractivity contribution in [2.75, 3.05) is 13.1 Å². The fraction of sp³-hybridized carbons (Fsp3) is 0.500. The predicted molar refractivity (Wildman–Crippen MR) is 69.4 cm³/mol. The topological polar surface area (TPSA) is 41.1 Å². The molecule has 0 aliphatic carbocycles. The van der Waals surface area contributed by atoms with E-state index in [1.165, 1.54) is 0 Å². The zero-order valence-corrected chi connectivity index (χ0v) is 11.3. The molecule has 0 radical (unpaired) electrons. The smallest absolute Gasteiger partial charge is 0.352 e. The summed E-state index contributed by atoms with van der Waals surface area (Å²) < 4.78 is 51.5. The Morgan fingerprint density at radius 1 is 1.38 bits per heavy atom. The summed E-state index contributed by atoms with van der Waals surface area (Å²) in [5, 5.41) is 5.70. The van der Waals surface area contributed by atoms with Crippen molar-refractivity contribution < 1.29 is 22.4 Å². The molecule has 0 bridgehead atoms. The number of rotatable bonds is 4. The van der Waals surface area contributed by atoms with Gasteiger partial charge in [-0.05, 0) is 37.9 Å². The summed E-state index contributed by atoms with van der Waals surface area (Å²) >= 11 is 0. The molecular formula is C14H16F4N2O. The maximum absolute atomic E-state index is 13.8.